The van der Waals surface area contributed by atoms with E-state index in [9.17, 15) is 4.79 Å². The Balaban J connectivity index is 2.08. The molecule has 0 spiro atoms. The number of rotatable bonds is 6. The summed E-state index contributed by atoms with van der Waals surface area (Å²) in [6.45, 7) is 0.580. The fourth-order valence-corrected chi connectivity index (χ4v) is 2.67. The third-order valence-corrected chi connectivity index (χ3v) is 3.88. The number of benzene rings is 2. The van der Waals surface area contributed by atoms with Crippen LogP contribution in [0, 0.1) is 0 Å². The van der Waals surface area contributed by atoms with Crippen molar-refractivity contribution in [3.63, 3.8) is 0 Å². The molecule has 3 rings (SSSR count). The van der Waals surface area contributed by atoms with Gasteiger partial charge in [0.2, 0.25) is 5.91 Å². The van der Waals surface area contributed by atoms with E-state index in [0.29, 0.717) is 12.1 Å². The zero-order valence-corrected chi connectivity index (χ0v) is 13.9. The summed E-state index contributed by atoms with van der Waals surface area (Å²) in [5, 5.41) is 0. The average molecular weight is 333 g/mol. The molecule has 1 amide bonds. The van der Waals surface area contributed by atoms with Gasteiger partial charge in [-0.3, -0.25) is 9.78 Å². The largest absolute Gasteiger partial charge is 0.495 e. The summed E-state index contributed by atoms with van der Waals surface area (Å²) in [6, 6.07) is 18.9. The van der Waals surface area contributed by atoms with Gasteiger partial charge in [-0.2, -0.15) is 0 Å². The van der Waals surface area contributed by atoms with Crippen LogP contribution in [0.5, 0.6) is 5.75 Å². The number of hydrogen-bond acceptors (Lipinski definition) is 4. The van der Waals surface area contributed by atoms with Crippen molar-refractivity contribution in [1.29, 1.82) is 0 Å². The van der Waals surface area contributed by atoms with Crippen LogP contribution >= 0.6 is 0 Å². The van der Waals surface area contributed by atoms with Crippen LogP contribution in [-0.4, -0.2) is 18.0 Å². The summed E-state index contributed by atoms with van der Waals surface area (Å²) in [6.07, 6.45) is 3.56. The van der Waals surface area contributed by atoms with E-state index in [4.69, 9.17) is 10.5 Å². The highest BCUT2D eigenvalue weighted by atomic mass is 16.5. The quantitative estimate of drug-likeness (QED) is 0.749. The fraction of sp³-hybridized carbons (Fsp3) is 0.100. The number of aromatic nitrogens is 1. The van der Waals surface area contributed by atoms with Crippen molar-refractivity contribution < 1.29 is 9.53 Å². The maximum absolute atomic E-state index is 11.6. The van der Waals surface area contributed by atoms with Gasteiger partial charge in [-0.15, -0.1) is 0 Å². The molecule has 25 heavy (non-hydrogen) atoms. The normalized spacial score (nSPS) is 10.3. The Hall–Kier alpha value is -3.34. The summed E-state index contributed by atoms with van der Waals surface area (Å²) >= 11 is 0. The molecule has 0 saturated carbocycles. The Morgan fingerprint density at radius 1 is 1.12 bits per heavy atom. The highest BCUT2D eigenvalue weighted by Crippen LogP contribution is 2.35. The van der Waals surface area contributed by atoms with E-state index in [2.05, 4.69) is 9.88 Å². The number of primary amides is 1. The number of carbonyl (C=O) groups is 1. The lowest BCUT2D eigenvalue weighted by Crippen LogP contribution is -2.18. The fourth-order valence-electron chi connectivity index (χ4n) is 2.67. The first-order chi connectivity index (χ1) is 12.2. The number of methoxy groups -OCH3 is 1. The van der Waals surface area contributed by atoms with Gasteiger partial charge in [-0.25, -0.2) is 0 Å². The van der Waals surface area contributed by atoms with Crippen molar-refractivity contribution >= 4 is 17.3 Å². The highest BCUT2D eigenvalue weighted by molar-refractivity contribution is 5.94. The maximum Gasteiger partial charge on any atom is 0.248 e. The number of amides is 1. The van der Waals surface area contributed by atoms with Crippen molar-refractivity contribution in [3.05, 3.63) is 84.2 Å². The minimum absolute atomic E-state index is 0.455. The summed E-state index contributed by atoms with van der Waals surface area (Å²) in [5.41, 5.74) is 8.69. The first-order valence-electron chi connectivity index (χ1n) is 7.88. The minimum Gasteiger partial charge on any atom is -0.495 e. The Kier molecular flexibility index (Phi) is 4.95. The molecule has 126 valence electrons. The second kappa shape index (κ2) is 7.49. The second-order valence-electron chi connectivity index (χ2n) is 5.53. The van der Waals surface area contributed by atoms with Crippen molar-refractivity contribution in [1.82, 2.24) is 4.98 Å². The number of hydrogen-bond donors (Lipinski definition) is 1. The Labute approximate surface area is 146 Å². The SMILES string of the molecule is COc1ccccc1N(Cc1cccnc1)c1cccc(C(N)=O)c1. The van der Waals surface area contributed by atoms with Crippen molar-refractivity contribution in [3.8, 4) is 5.75 Å². The van der Waals surface area contributed by atoms with Crippen LogP contribution in [0.3, 0.4) is 0 Å². The molecule has 5 heteroatoms. The van der Waals surface area contributed by atoms with E-state index in [1.54, 1.807) is 25.4 Å². The summed E-state index contributed by atoms with van der Waals surface area (Å²) in [7, 11) is 1.64. The molecule has 1 aromatic heterocycles. The van der Waals surface area contributed by atoms with Crippen LogP contribution in [-0.2, 0) is 6.54 Å². The number of carbonyl (C=O) groups excluding carboxylic acids is 1. The van der Waals surface area contributed by atoms with Crippen LogP contribution < -0.4 is 15.4 Å². The molecule has 0 aliphatic heterocycles. The lowest BCUT2D eigenvalue weighted by molar-refractivity contribution is 0.100. The molecule has 2 aromatic carbocycles. The summed E-state index contributed by atoms with van der Waals surface area (Å²) in [5.74, 6) is 0.291. The van der Waals surface area contributed by atoms with Crippen molar-refractivity contribution in [2.75, 3.05) is 12.0 Å². The molecule has 0 bridgehead atoms. The number of nitrogens with two attached hydrogens (primary N) is 1. The standard InChI is InChI=1S/C20H19N3O2/c1-25-19-10-3-2-9-18(19)23(14-15-6-5-11-22-13-15)17-8-4-7-16(12-17)20(21)24/h2-13H,14H2,1H3,(H2,21,24). The highest BCUT2D eigenvalue weighted by Gasteiger charge is 2.16. The third-order valence-electron chi connectivity index (χ3n) is 3.88. The van der Waals surface area contributed by atoms with E-state index in [1.807, 2.05) is 54.7 Å². The molecule has 0 aliphatic rings. The smallest absolute Gasteiger partial charge is 0.248 e. The van der Waals surface area contributed by atoms with Gasteiger partial charge in [0.1, 0.15) is 5.75 Å². The van der Waals surface area contributed by atoms with E-state index >= 15 is 0 Å². The first-order valence-corrected chi connectivity index (χ1v) is 7.88. The van der Waals surface area contributed by atoms with Crippen LogP contribution in [0.2, 0.25) is 0 Å². The molecule has 0 aliphatic carbocycles. The lowest BCUT2D eigenvalue weighted by atomic mass is 10.1. The van der Waals surface area contributed by atoms with E-state index in [-0.39, 0.29) is 0 Å². The monoisotopic (exact) mass is 333 g/mol. The van der Waals surface area contributed by atoms with Gasteiger partial charge in [0.25, 0.3) is 0 Å². The molecule has 5 nitrogen and oxygen atoms in total. The number of pyridine rings is 1. The van der Waals surface area contributed by atoms with Crippen LogP contribution in [0.4, 0.5) is 11.4 Å². The van der Waals surface area contributed by atoms with Gasteiger partial charge >= 0.3 is 0 Å². The molecule has 1 heterocycles. The van der Waals surface area contributed by atoms with E-state index in [1.165, 1.54) is 0 Å². The van der Waals surface area contributed by atoms with Gasteiger partial charge in [-0.1, -0.05) is 24.3 Å². The van der Waals surface area contributed by atoms with E-state index < -0.39 is 5.91 Å². The Bertz CT molecular complexity index is 866. The molecule has 0 radical (unpaired) electrons. The predicted molar refractivity (Wildman–Crippen MR) is 98.0 cm³/mol. The average Bonchev–Trinajstić information content (AvgIpc) is 2.67. The predicted octanol–water partition coefficient (Wildman–Crippen LogP) is 3.53. The number of nitrogens with zero attached hydrogens (tertiary/aromatic N) is 2. The molecule has 0 unspecified atom stereocenters. The lowest BCUT2D eigenvalue weighted by Gasteiger charge is -2.27. The van der Waals surface area contributed by atoms with Crippen molar-refractivity contribution in [2.24, 2.45) is 5.73 Å². The first kappa shape index (κ1) is 16.5. The number of ether oxygens (including phenoxy) is 1. The molecule has 0 atom stereocenters. The molecular formula is C20H19N3O2. The third kappa shape index (κ3) is 3.77. The van der Waals surface area contributed by atoms with Crippen LogP contribution in [0.25, 0.3) is 0 Å². The maximum atomic E-state index is 11.6. The number of para-hydroxylation sites is 2. The minimum atomic E-state index is -0.455. The van der Waals surface area contributed by atoms with Gasteiger partial charge < -0.3 is 15.4 Å². The van der Waals surface area contributed by atoms with Crippen LogP contribution in [0.1, 0.15) is 15.9 Å². The number of anilines is 2. The molecule has 3 aromatic rings. The van der Waals surface area contributed by atoms with Gasteiger partial charge in [0.05, 0.1) is 12.8 Å². The van der Waals surface area contributed by atoms with Gasteiger partial charge in [-0.05, 0) is 42.0 Å². The summed E-state index contributed by atoms with van der Waals surface area (Å²) in [4.78, 5) is 17.8. The zero-order chi connectivity index (χ0) is 17.6. The van der Waals surface area contributed by atoms with E-state index in [0.717, 1.165) is 22.7 Å². The molecule has 0 fully saturated rings. The Morgan fingerprint density at radius 3 is 2.68 bits per heavy atom. The molecular weight excluding hydrogens is 314 g/mol. The zero-order valence-electron chi connectivity index (χ0n) is 13.9. The van der Waals surface area contributed by atoms with Crippen LogP contribution in [0.15, 0.2) is 73.1 Å². The summed E-state index contributed by atoms with van der Waals surface area (Å²) < 4.78 is 5.51. The van der Waals surface area contributed by atoms with Gasteiger partial charge in [0, 0.05) is 30.2 Å². The molecule has 0 saturated heterocycles. The topological polar surface area (TPSA) is 68.4 Å². The van der Waals surface area contributed by atoms with Crippen molar-refractivity contribution in [2.45, 2.75) is 6.54 Å². The second-order valence-corrected chi connectivity index (χ2v) is 5.53. The Morgan fingerprint density at radius 2 is 1.96 bits per heavy atom. The molecule has 2 N–H and O–H groups in total. The van der Waals surface area contributed by atoms with Gasteiger partial charge in [0.15, 0.2) is 0 Å².